The summed E-state index contributed by atoms with van der Waals surface area (Å²) in [5.74, 6) is 0.368. The highest BCUT2D eigenvalue weighted by Gasteiger charge is 2.28. The predicted molar refractivity (Wildman–Crippen MR) is 93.1 cm³/mol. The van der Waals surface area contributed by atoms with Crippen LogP contribution in [-0.4, -0.2) is 24.9 Å². The number of quaternary nitrogens is 1. The van der Waals surface area contributed by atoms with Crippen LogP contribution in [0.3, 0.4) is 0 Å². The number of ketones is 1. The van der Waals surface area contributed by atoms with E-state index in [1.54, 1.807) is 4.90 Å². The monoisotopic (exact) mass is 313 g/mol. The van der Waals surface area contributed by atoms with Crippen LogP contribution < -0.4 is 10.2 Å². The minimum absolute atomic E-state index is 0.0108. The zero-order valence-electron chi connectivity index (χ0n) is 14.4. The van der Waals surface area contributed by atoms with Crippen molar-refractivity contribution in [3.8, 4) is 0 Å². The van der Waals surface area contributed by atoms with Gasteiger partial charge >= 0.3 is 0 Å². The Morgan fingerprint density at radius 1 is 1.17 bits per heavy atom. The molecule has 124 valence electrons. The lowest BCUT2D eigenvalue weighted by molar-refractivity contribution is -0.918. The standard InChI is InChI=1S/C20H28N2O/c1-20(2)13-18(12-19(23)14-20)21-17-8-10-22(11-9-17)15-16-6-4-3-5-7-16/h3-7,13,17,21H,8-12,14-15H2,1-2H3/p+1. The Labute approximate surface area is 139 Å². The van der Waals surface area contributed by atoms with Crippen LogP contribution in [0.5, 0.6) is 0 Å². The Hall–Kier alpha value is -1.61. The normalized spacial score (nSPS) is 27.4. The maximum absolute atomic E-state index is 11.9. The molecule has 0 atom stereocenters. The van der Waals surface area contributed by atoms with Gasteiger partial charge in [-0.25, -0.2) is 0 Å². The minimum atomic E-state index is 0.0108. The molecule has 2 aliphatic rings. The molecule has 0 amide bonds. The van der Waals surface area contributed by atoms with Crippen molar-refractivity contribution < 1.29 is 9.69 Å². The Bertz CT molecular complexity index is 569. The summed E-state index contributed by atoms with van der Waals surface area (Å²) in [6, 6.07) is 11.3. The van der Waals surface area contributed by atoms with Crippen LogP contribution in [0.25, 0.3) is 0 Å². The van der Waals surface area contributed by atoms with Crippen molar-refractivity contribution in [3.63, 3.8) is 0 Å². The predicted octanol–water partition coefficient (Wildman–Crippen LogP) is 2.10. The van der Waals surface area contributed by atoms with Gasteiger partial charge in [-0.05, 0) is 5.41 Å². The van der Waals surface area contributed by atoms with Crippen molar-refractivity contribution in [3.05, 3.63) is 47.7 Å². The average Bonchev–Trinajstić information content (AvgIpc) is 2.48. The summed E-state index contributed by atoms with van der Waals surface area (Å²) in [7, 11) is 0. The number of nitrogens with one attached hydrogen (secondary N) is 2. The van der Waals surface area contributed by atoms with Gasteiger partial charge in [-0.15, -0.1) is 0 Å². The lowest BCUT2D eigenvalue weighted by atomic mass is 9.80. The molecule has 0 saturated carbocycles. The summed E-state index contributed by atoms with van der Waals surface area (Å²) in [6.45, 7) is 7.84. The fourth-order valence-corrected chi connectivity index (χ4v) is 3.94. The summed E-state index contributed by atoms with van der Waals surface area (Å²) < 4.78 is 0. The Morgan fingerprint density at radius 2 is 1.87 bits per heavy atom. The number of hydrogen-bond acceptors (Lipinski definition) is 2. The van der Waals surface area contributed by atoms with Crippen molar-refractivity contribution in [2.24, 2.45) is 5.41 Å². The van der Waals surface area contributed by atoms with Gasteiger partial charge in [0.25, 0.3) is 0 Å². The van der Waals surface area contributed by atoms with Crippen molar-refractivity contribution in [2.45, 2.75) is 52.1 Å². The number of allylic oxidation sites excluding steroid dienone is 2. The largest absolute Gasteiger partial charge is 0.385 e. The molecule has 3 heteroatoms. The van der Waals surface area contributed by atoms with Crippen LogP contribution in [0.15, 0.2) is 42.1 Å². The summed E-state index contributed by atoms with van der Waals surface area (Å²) in [5.41, 5.74) is 2.59. The van der Waals surface area contributed by atoms with E-state index in [4.69, 9.17) is 0 Å². The summed E-state index contributed by atoms with van der Waals surface area (Å²) >= 11 is 0. The third-order valence-corrected chi connectivity index (χ3v) is 4.98. The maximum Gasteiger partial charge on any atom is 0.139 e. The summed E-state index contributed by atoms with van der Waals surface area (Å²) in [4.78, 5) is 13.6. The number of rotatable bonds is 4. The number of likely N-dealkylation sites (tertiary alicyclic amines) is 1. The average molecular weight is 313 g/mol. The molecule has 1 heterocycles. The quantitative estimate of drug-likeness (QED) is 0.892. The van der Waals surface area contributed by atoms with E-state index in [2.05, 4.69) is 55.6 Å². The lowest BCUT2D eigenvalue weighted by Crippen LogP contribution is -3.12. The lowest BCUT2D eigenvalue weighted by Gasteiger charge is -2.33. The van der Waals surface area contributed by atoms with Gasteiger partial charge in [0.15, 0.2) is 0 Å². The molecule has 1 aromatic carbocycles. The molecule has 2 N–H and O–H groups in total. The molecule has 1 fully saturated rings. The van der Waals surface area contributed by atoms with E-state index >= 15 is 0 Å². The Morgan fingerprint density at radius 3 is 2.52 bits per heavy atom. The fraction of sp³-hybridized carbons (Fsp3) is 0.550. The first-order valence-electron chi connectivity index (χ1n) is 8.88. The Balaban J connectivity index is 1.50. The zero-order chi connectivity index (χ0) is 16.3. The number of benzene rings is 1. The third kappa shape index (κ3) is 4.68. The van der Waals surface area contributed by atoms with E-state index in [1.165, 1.54) is 31.5 Å². The van der Waals surface area contributed by atoms with Crippen LogP contribution in [0.2, 0.25) is 0 Å². The zero-order valence-corrected chi connectivity index (χ0v) is 14.4. The number of hydrogen-bond donors (Lipinski definition) is 2. The SMILES string of the molecule is CC1(C)C=C(NC2CC[NH+](Cc3ccccc3)CC2)CC(=O)C1. The van der Waals surface area contributed by atoms with Crippen LogP contribution in [-0.2, 0) is 11.3 Å². The number of piperidine rings is 1. The van der Waals surface area contributed by atoms with Crippen LogP contribution in [0, 0.1) is 5.41 Å². The second-order valence-electron chi connectivity index (χ2n) is 7.88. The molecule has 0 aromatic heterocycles. The maximum atomic E-state index is 11.9. The molecular weight excluding hydrogens is 284 g/mol. The van der Waals surface area contributed by atoms with Gasteiger partial charge in [-0.3, -0.25) is 4.79 Å². The first kappa shape index (κ1) is 16.3. The minimum Gasteiger partial charge on any atom is -0.385 e. The smallest absolute Gasteiger partial charge is 0.139 e. The Kier molecular flexibility index (Phi) is 4.86. The van der Waals surface area contributed by atoms with Gasteiger partial charge in [0.2, 0.25) is 0 Å². The van der Waals surface area contributed by atoms with Crippen LogP contribution in [0.4, 0.5) is 0 Å². The van der Waals surface area contributed by atoms with Gasteiger partial charge in [-0.1, -0.05) is 50.3 Å². The van der Waals surface area contributed by atoms with E-state index in [0.29, 0.717) is 24.7 Å². The summed E-state index contributed by atoms with van der Waals surface area (Å²) in [5, 5.41) is 3.66. The number of carbonyl (C=O) groups excluding carboxylic acids is 1. The molecule has 1 saturated heterocycles. The molecule has 3 rings (SSSR count). The van der Waals surface area contributed by atoms with Crippen molar-refractivity contribution in [1.82, 2.24) is 5.32 Å². The molecule has 3 nitrogen and oxygen atoms in total. The van der Waals surface area contributed by atoms with Gasteiger partial charge in [0, 0.05) is 43.0 Å². The fourth-order valence-electron chi connectivity index (χ4n) is 3.94. The molecule has 0 bridgehead atoms. The summed E-state index contributed by atoms with van der Waals surface area (Å²) in [6.07, 6.45) is 5.93. The van der Waals surface area contributed by atoms with E-state index in [1.807, 2.05) is 0 Å². The molecule has 23 heavy (non-hydrogen) atoms. The van der Waals surface area contributed by atoms with E-state index in [0.717, 1.165) is 12.2 Å². The molecular formula is C20H29N2O+. The highest BCUT2D eigenvalue weighted by molar-refractivity contribution is 5.83. The van der Waals surface area contributed by atoms with Crippen molar-refractivity contribution in [1.29, 1.82) is 0 Å². The number of Topliss-reactive ketones (excluding diaryl/α,β-unsaturated/α-hetero) is 1. The van der Waals surface area contributed by atoms with E-state index in [-0.39, 0.29) is 5.41 Å². The molecule has 1 aliphatic heterocycles. The van der Waals surface area contributed by atoms with Crippen LogP contribution >= 0.6 is 0 Å². The second-order valence-corrected chi connectivity index (χ2v) is 7.88. The molecule has 1 aliphatic carbocycles. The van der Waals surface area contributed by atoms with E-state index in [9.17, 15) is 4.79 Å². The number of carbonyl (C=O) groups is 1. The van der Waals surface area contributed by atoms with Gasteiger partial charge in [0.1, 0.15) is 12.3 Å². The molecule has 0 unspecified atom stereocenters. The van der Waals surface area contributed by atoms with Crippen molar-refractivity contribution in [2.75, 3.05) is 13.1 Å². The van der Waals surface area contributed by atoms with Crippen molar-refractivity contribution >= 4 is 5.78 Å². The third-order valence-electron chi connectivity index (χ3n) is 4.98. The van der Waals surface area contributed by atoms with Gasteiger partial charge in [0.05, 0.1) is 13.1 Å². The topological polar surface area (TPSA) is 33.5 Å². The highest BCUT2D eigenvalue weighted by atomic mass is 16.1. The molecule has 0 radical (unpaired) electrons. The first-order chi connectivity index (χ1) is 11.0. The first-order valence-corrected chi connectivity index (χ1v) is 8.88. The second kappa shape index (κ2) is 6.88. The van der Waals surface area contributed by atoms with Gasteiger partial charge in [-0.2, -0.15) is 0 Å². The molecule has 1 aromatic rings. The molecule has 0 spiro atoms. The van der Waals surface area contributed by atoms with E-state index < -0.39 is 0 Å². The highest BCUT2D eigenvalue weighted by Crippen LogP contribution is 2.30. The van der Waals surface area contributed by atoms with Crippen LogP contribution in [0.1, 0.15) is 45.1 Å². The van der Waals surface area contributed by atoms with Gasteiger partial charge < -0.3 is 10.2 Å².